The Bertz CT molecular complexity index is 594. The molecule has 12 heteroatoms. The van der Waals surface area contributed by atoms with E-state index in [1.54, 1.807) is 0 Å². The molecule has 0 amide bonds. The van der Waals surface area contributed by atoms with Crippen molar-refractivity contribution in [2.24, 2.45) is 5.41 Å². The maximum absolute atomic E-state index is 13.6. The quantitative estimate of drug-likeness (QED) is 0.110. The monoisotopic (exact) mass is 474 g/mol. The SMILES string of the molecule is CC1(OC(=O)C(C)(C)C23NI2N3)CC(F)(F)OC(O)(C(F)(F)F)C1. The molecule has 2 unspecified atom stereocenters. The molecule has 0 spiro atoms. The van der Waals surface area contributed by atoms with Crippen molar-refractivity contribution >= 4 is 26.3 Å². The van der Waals surface area contributed by atoms with Gasteiger partial charge in [0.15, 0.2) is 0 Å². The molecule has 24 heavy (non-hydrogen) atoms. The van der Waals surface area contributed by atoms with E-state index in [4.69, 9.17) is 4.74 Å². The van der Waals surface area contributed by atoms with Gasteiger partial charge in [0.05, 0.1) is 0 Å². The van der Waals surface area contributed by atoms with Gasteiger partial charge in [0.2, 0.25) is 0 Å². The van der Waals surface area contributed by atoms with Gasteiger partial charge in [0, 0.05) is 0 Å². The number of fused-ring (bicyclic) bond motifs is 1. The van der Waals surface area contributed by atoms with Crippen LogP contribution in [-0.2, 0) is 14.3 Å². The number of carbonyl (C=O) groups excluding carboxylic acids is 1. The van der Waals surface area contributed by atoms with Gasteiger partial charge in [-0.15, -0.1) is 0 Å². The molecule has 0 saturated carbocycles. The summed E-state index contributed by atoms with van der Waals surface area (Å²) in [4.78, 5) is 12.4. The Hall–Kier alpha value is -0.310. The average Bonchev–Trinajstić information content (AvgIpc) is 3.09. The van der Waals surface area contributed by atoms with Crippen LogP contribution in [0.4, 0.5) is 22.0 Å². The van der Waals surface area contributed by atoms with Crippen LogP contribution in [0.5, 0.6) is 0 Å². The summed E-state index contributed by atoms with van der Waals surface area (Å²) < 4.78 is 80.3. The molecule has 2 atom stereocenters. The fourth-order valence-electron chi connectivity index (χ4n) is 2.74. The standard InChI is InChI=1S/C12H16F5IN2O4/c1-7(2,12-18(19-12)20-12)6(21)23-8(3)4-9(22,11(15,16)17)24-10(13,14)5-8/h19-20,22H,4-5H2,1-3H3. The van der Waals surface area contributed by atoms with Crippen LogP contribution in [0.3, 0.4) is 0 Å². The molecule has 0 aromatic carbocycles. The first-order valence-electron chi connectivity index (χ1n) is 6.92. The molecule has 3 aliphatic rings. The van der Waals surface area contributed by atoms with Gasteiger partial charge in [-0.25, -0.2) is 0 Å². The number of ether oxygens (including phenoxy) is 2. The molecule has 0 radical (unpaired) electrons. The second-order valence-electron chi connectivity index (χ2n) is 6.97. The first kappa shape index (κ1) is 18.5. The number of hydrogen-bond donors (Lipinski definition) is 3. The van der Waals surface area contributed by atoms with E-state index in [-0.39, 0.29) is 0 Å². The number of alkyl halides is 6. The molecular formula is C12H16F5IN2O4. The summed E-state index contributed by atoms with van der Waals surface area (Å²) in [6.45, 7) is 3.98. The van der Waals surface area contributed by atoms with Gasteiger partial charge in [0.1, 0.15) is 0 Å². The molecule has 3 rings (SSSR count). The van der Waals surface area contributed by atoms with E-state index in [0.717, 1.165) is 6.92 Å². The fraction of sp³-hybridized carbons (Fsp3) is 0.917. The van der Waals surface area contributed by atoms with E-state index in [1.807, 2.05) is 0 Å². The first-order valence-corrected chi connectivity index (χ1v) is 10.2. The van der Waals surface area contributed by atoms with Crippen molar-refractivity contribution in [1.29, 1.82) is 0 Å². The third-order valence-electron chi connectivity index (χ3n) is 4.33. The number of rotatable bonds is 3. The Kier molecular flexibility index (Phi) is 3.61. The van der Waals surface area contributed by atoms with Crippen molar-refractivity contribution in [3.05, 3.63) is 0 Å². The molecule has 0 aromatic heterocycles. The van der Waals surface area contributed by atoms with Crippen molar-refractivity contribution < 1.29 is 41.3 Å². The van der Waals surface area contributed by atoms with E-state index >= 15 is 0 Å². The third-order valence-corrected chi connectivity index (χ3v) is 9.45. The summed E-state index contributed by atoms with van der Waals surface area (Å²) in [5.41, 5.74) is -3.36. The van der Waals surface area contributed by atoms with Crippen LogP contribution in [0.15, 0.2) is 0 Å². The first-order chi connectivity index (χ1) is 10.6. The van der Waals surface area contributed by atoms with Gasteiger partial charge in [-0.05, 0) is 0 Å². The van der Waals surface area contributed by atoms with Crippen LogP contribution < -0.4 is 7.06 Å². The molecule has 0 bridgehead atoms. The summed E-state index contributed by atoms with van der Waals surface area (Å²) in [7, 11) is 0. The summed E-state index contributed by atoms with van der Waals surface area (Å²) in [5, 5.41) is 9.54. The maximum atomic E-state index is 13.6. The van der Waals surface area contributed by atoms with Crippen LogP contribution in [0.25, 0.3) is 0 Å². The number of hydrogen-bond acceptors (Lipinski definition) is 6. The van der Waals surface area contributed by atoms with Crippen LogP contribution in [0, 0.1) is 5.41 Å². The normalized spacial score (nSPS) is 38.3. The number of aliphatic hydroxyl groups is 1. The topological polar surface area (TPSA) is 99.6 Å². The van der Waals surface area contributed by atoms with E-state index in [1.165, 1.54) is 13.8 Å². The van der Waals surface area contributed by atoms with Gasteiger partial charge < -0.3 is 0 Å². The minimum absolute atomic E-state index is 0.557. The fourth-order valence-corrected chi connectivity index (χ4v) is 8.31. The average molecular weight is 474 g/mol. The van der Waals surface area contributed by atoms with Gasteiger partial charge in [-0.2, -0.15) is 0 Å². The molecule has 3 aliphatic heterocycles. The van der Waals surface area contributed by atoms with Crippen LogP contribution in [0.2, 0.25) is 0 Å². The Labute approximate surface area is 141 Å². The zero-order chi connectivity index (χ0) is 18.4. The molecule has 3 fully saturated rings. The zero-order valence-electron chi connectivity index (χ0n) is 12.9. The molecule has 0 aliphatic carbocycles. The van der Waals surface area contributed by atoms with Gasteiger partial charge in [0.25, 0.3) is 0 Å². The van der Waals surface area contributed by atoms with Crippen LogP contribution >= 0.6 is 20.4 Å². The predicted octanol–water partition coefficient (Wildman–Crippen LogP) is 2.17. The molecule has 3 heterocycles. The third kappa shape index (κ3) is 2.70. The van der Waals surface area contributed by atoms with Crippen molar-refractivity contribution in [2.45, 2.75) is 61.0 Å². The Morgan fingerprint density at radius 3 is 2.17 bits per heavy atom. The minimum atomic E-state index is -5.46. The molecule has 140 valence electrons. The zero-order valence-corrected chi connectivity index (χ0v) is 15.0. The summed E-state index contributed by atoms with van der Waals surface area (Å²) in [6.07, 6.45) is -12.4. The van der Waals surface area contributed by atoms with Crippen molar-refractivity contribution in [3.63, 3.8) is 0 Å². The summed E-state index contributed by atoms with van der Waals surface area (Å²) >= 11 is -1.57. The predicted molar refractivity (Wildman–Crippen MR) is 77.6 cm³/mol. The van der Waals surface area contributed by atoms with Crippen LogP contribution in [0.1, 0.15) is 33.6 Å². The summed E-state index contributed by atoms with van der Waals surface area (Å²) in [6, 6.07) is 0. The van der Waals surface area contributed by atoms with E-state index in [2.05, 4.69) is 11.8 Å². The molecule has 3 N–H and O–H groups in total. The molecule has 6 nitrogen and oxygen atoms in total. The van der Waals surface area contributed by atoms with Gasteiger partial charge in [-0.3, -0.25) is 0 Å². The van der Waals surface area contributed by atoms with Gasteiger partial charge >= 0.3 is 141 Å². The summed E-state index contributed by atoms with van der Waals surface area (Å²) in [5.74, 6) is -5.01. The number of carbonyl (C=O) groups is 1. The second-order valence-corrected chi connectivity index (χ2v) is 11.3. The van der Waals surface area contributed by atoms with E-state index < -0.39 is 71.9 Å². The molecule has 3 saturated heterocycles. The van der Waals surface area contributed by atoms with Gasteiger partial charge in [-0.1, -0.05) is 0 Å². The van der Waals surface area contributed by atoms with Crippen molar-refractivity contribution in [3.8, 4) is 0 Å². The van der Waals surface area contributed by atoms with Crippen molar-refractivity contribution in [2.75, 3.05) is 0 Å². The van der Waals surface area contributed by atoms with E-state index in [9.17, 15) is 31.9 Å². The molecular weight excluding hydrogens is 458 g/mol. The Morgan fingerprint density at radius 1 is 1.25 bits per heavy atom. The van der Waals surface area contributed by atoms with Crippen molar-refractivity contribution in [1.82, 2.24) is 7.06 Å². The number of esters is 1. The van der Waals surface area contributed by atoms with E-state index in [0.29, 0.717) is 0 Å². The second kappa shape index (κ2) is 4.69. The Balaban J connectivity index is 1.81. The van der Waals surface area contributed by atoms with Crippen LogP contribution in [-0.4, -0.2) is 38.4 Å². The molecule has 0 aromatic rings. The number of nitrogens with one attached hydrogen (secondary N) is 2. The number of halogens is 6. The Morgan fingerprint density at radius 2 is 1.75 bits per heavy atom.